The number of nitrogens with one attached hydrogen (secondary N) is 1. The second-order valence-electron chi connectivity index (χ2n) is 5.20. The van der Waals surface area contributed by atoms with Gasteiger partial charge in [-0.2, -0.15) is 4.98 Å². The van der Waals surface area contributed by atoms with Gasteiger partial charge in [-0.1, -0.05) is 11.6 Å². The summed E-state index contributed by atoms with van der Waals surface area (Å²) in [4.78, 5) is 8.51. The smallest absolute Gasteiger partial charge is 0.229 e. The maximum Gasteiger partial charge on any atom is 0.229 e. The molecule has 2 aliphatic rings. The molecule has 1 aromatic rings. The minimum absolute atomic E-state index is 0. The van der Waals surface area contributed by atoms with Crippen LogP contribution in [0.15, 0.2) is 9.52 Å². The van der Waals surface area contributed by atoms with Gasteiger partial charge in [0, 0.05) is 12.5 Å². The molecule has 1 aromatic heterocycles. The third-order valence-electron chi connectivity index (χ3n) is 3.60. The van der Waals surface area contributed by atoms with Crippen LogP contribution < -0.4 is 11.1 Å². The molecule has 106 valence electrons. The quantitative estimate of drug-likeness (QED) is 0.464. The van der Waals surface area contributed by atoms with E-state index < -0.39 is 0 Å². The SMILES string of the molecule is I.NC(=NCc1noc(C2CC2)n1)NCC1CCC1. The van der Waals surface area contributed by atoms with Crippen LogP contribution in [0.2, 0.25) is 0 Å². The molecule has 0 spiro atoms. The molecule has 2 saturated carbocycles. The summed E-state index contributed by atoms with van der Waals surface area (Å²) < 4.78 is 5.15. The summed E-state index contributed by atoms with van der Waals surface area (Å²) in [6.45, 7) is 1.31. The van der Waals surface area contributed by atoms with Crippen molar-refractivity contribution in [2.24, 2.45) is 16.6 Å². The van der Waals surface area contributed by atoms with Gasteiger partial charge < -0.3 is 15.6 Å². The Morgan fingerprint density at radius 2 is 2.16 bits per heavy atom. The Balaban J connectivity index is 0.00000133. The van der Waals surface area contributed by atoms with Gasteiger partial charge in [-0.15, -0.1) is 24.0 Å². The fourth-order valence-corrected chi connectivity index (χ4v) is 1.99. The van der Waals surface area contributed by atoms with Gasteiger partial charge in [0.15, 0.2) is 11.8 Å². The largest absolute Gasteiger partial charge is 0.370 e. The molecule has 7 heteroatoms. The number of nitrogens with two attached hydrogens (primary N) is 1. The molecule has 2 fully saturated rings. The lowest BCUT2D eigenvalue weighted by Crippen LogP contribution is -2.37. The fraction of sp³-hybridized carbons (Fsp3) is 0.750. The Morgan fingerprint density at radius 3 is 2.79 bits per heavy atom. The average Bonchev–Trinajstić information content (AvgIpc) is 3.04. The highest BCUT2D eigenvalue weighted by Crippen LogP contribution is 2.38. The highest BCUT2D eigenvalue weighted by atomic mass is 127. The number of aliphatic imine (C=N–C) groups is 1. The third kappa shape index (κ3) is 4.05. The van der Waals surface area contributed by atoms with Gasteiger partial charge in [0.05, 0.1) is 0 Å². The van der Waals surface area contributed by atoms with Crippen LogP contribution in [-0.4, -0.2) is 22.6 Å². The van der Waals surface area contributed by atoms with E-state index in [-0.39, 0.29) is 24.0 Å². The van der Waals surface area contributed by atoms with E-state index in [9.17, 15) is 0 Å². The number of nitrogens with zero attached hydrogens (tertiary/aromatic N) is 3. The molecule has 0 radical (unpaired) electrons. The monoisotopic (exact) mass is 377 g/mol. The van der Waals surface area contributed by atoms with Gasteiger partial charge in [-0.3, -0.25) is 0 Å². The van der Waals surface area contributed by atoms with Crippen LogP contribution in [0.4, 0.5) is 0 Å². The standard InChI is InChI=1S/C12H19N5O.HI/c13-12(14-6-8-2-1-3-8)15-7-10-16-11(18-17-10)9-4-5-9;/h8-9H,1-7H2,(H3,13,14,15);1H. The molecule has 6 nitrogen and oxygen atoms in total. The highest BCUT2D eigenvalue weighted by Gasteiger charge is 2.29. The van der Waals surface area contributed by atoms with Crippen LogP contribution in [0.5, 0.6) is 0 Å². The first-order chi connectivity index (χ1) is 8.81. The maximum absolute atomic E-state index is 5.78. The maximum atomic E-state index is 5.78. The summed E-state index contributed by atoms with van der Waals surface area (Å²) in [5.41, 5.74) is 5.78. The average molecular weight is 377 g/mol. The second-order valence-corrected chi connectivity index (χ2v) is 5.20. The van der Waals surface area contributed by atoms with Crippen molar-refractivity contribution >= 4 is 29.9 Å². The lowest BCUT2D eigenvalue weighted by molar-refractivity contribution is 0.315. The van der Waals surface area contributed by atoms with Crippen molar-refractivity contribution in [3.63, 3.8) is 0 Å². The lowest BCUT2D eigenvalue weighted by atomic mass is 9.85. The first-order valence-electron chi connectivity index (χ1n) is 6.67. The molecular formula is C12H20IN5O. The number of guanidine groups is 1. The fourth-order valence-electron chi connectivity index (χ4n) is 1.99. The molecule has 0 unspecified atom stereocenters. The van der Waals surface area contributed by atoms with Crippen molar-refractivity contribution in [1.29, 1.82) is 0 Å². The summed E-state index contributed by atoms with van der Waals surface area (Å²) in [6, 6.07) is 0. The van der Waals surface area contributed by atoms with Crippen LogP contribution >= 0.6 is 24.0 Å². The summed E-state index contributed by atoms with van der Waals surface area (Å²) in [6.07, 6.45) is 6.27. The number of rotatable bonds is 5. The van der Waals surface area contributed by atoms with Crippen LogP contribution in [0.25, 0.3) is 0 Å². The van der Waals surface area contributed by atoms with E-state index in [1.54, 1.807) is 0 Å². The predicted octanol–water partition coefficient (Wildman–Crippen LogP) is 1.77. The summed E-state index contributed by atoms with van der Waals surface area (Å²) >= 11 is 0. The molecule has 3 rings (SSSR count). The topological polar surface area (TPSA) is 89.3 Å². The van der Waals surface area contributed by atoms with Crippen LogP contribution in [0, 0.1) is 5.92 Å². The minimum atomic E-state index is 0. The van der Waals surface area contributed by atoms with Gasteiger partial charge in [0.1, 0.15) is 6.54 Å². The number of hydrogen-bond acceptors (Lipinski definition) is 4. The van der Waals surface area contributed by atoms with Crippen LogP contribution in [-0.2, 0) is 6.54 Å². The van der Waals surface area contributed by atoms with E-state index in [0.717, 1.165) is 31.2 Å². The molecule has 0 aliphatic heterocycles. The summed E-state index contributed by atoms with van der Waals surface area (Å²) in [7, 11) is 0. The zero-order valence-electron chi connectivity index (χ0n) is 10.8. The van der Waals surface area contributed by atoms with E-state index in [2.05, 4.69) is 20.4 Å². The Hall–Kier alpha value is -0.860. The zero-order valence-corrected chi connectivity index (χ0v) is 13.2. The van der Waals surface area contributed by atoms with Crippen molar-refractivity contribution in [1.82, 2.24) is 15.5 Å². The summed E-state index contributed by atoms with van der Waals surface area (Å²) in [5.74, 6) is 3.10. The molecule has 0 atom stereocenters. The highest BCUT2D eigenvalue weighted by molar-refractivity contribution is 14.0. The number of halogens is 1. The van der Waals surface area contributed by atoms with Crippen molar-refractivity contribution in [3.8, 4) is 0 Å². The number of aromatic nitrogens is 2. The molecule has 0 saturated heterocycles. The predicted molar refractivity (Wildman–Crippen MR) is 82.4 cm³/mol. The third-order valence-corrected chi connectivity index (χ3v) is 3.60. The normalized spacial score (nSPS) is 19.7. The van der Waals surface area contributed by atoms with Crippen molar-refractivity contribution in [3.05, 3.63) is 11.7 Å². The molecule has 1 heterocycles. The van der Waals surface area contributed by atoms with Crippen molar-refractivity contribution < 1.29 is 4.52 Å². The molecule has 19 heavy (non-hydrogen) atoms. The molecule has 0 amide bonds. The van der Waals surface area contributed by atoms with Crippen LogP contribution in [0.1, 0.15) is 49.7 Å². The first kappa shape index (κ1) is 14.5. The molecular weight excluding hydrogens is 357 g/mol. The molecule has 0 bridgehead atoms. The van der Waals surface area contributed by atoms with Crippen LogP contribution in [0.3, 0.4) is 0 Å². The molecule has 0 aromatic carbocycles. The van der Waals surface area contributed by atoms with E-state index in [4.69, 9.17) is 10.3 Å². The van der Waals surface area contributed by atoms with E-state index >= 15 is 0 Å². The lowest BCUT2D eigenvalue weighted by Gasteiger charge is -2.25. The Bertz CT molecular complexity index is 439. The number of hydrogen-bond donors (Lipinski definition) is 2. The Morgan fingerprint density at radius 1 is 1.37 bits per heavy atom. The van der Waals surface area contributed by atoms with Gasteiger partial charge in [-0.25, -0.2) is 4.99 Å². The zero-order chi connectivity index (χ0) is 12.4. The van der Waals surface area contributed by atoms with Crippen molar-refractivity contribution in [2.45, 2.75) is 44.6 Å². The molecule has 2 aliphatic carbocycles. The van der Waals surface area contributed by atoms with Gasteiger partial charge in [-0.05, 0) is 31.6 Å². The Labute approximate surface area is 129 Å². The van der Waals surface area contributed by atoms with E-state index in [0.29, 0.717) is 24.2 Å². The van der Waals surface area contributed by atoms with E-state index in [1.165, 1.54) is 19.3 Å². The Kier molecular flexibility index (Phi) is 5.00. The van der Waals surface area contributed by atoms with Gasteiger partial charge in [0.25, 0.3) is 0 Å². The minimum Gasteiger partial charge on any atom is -0.370 e. The molecule has 3 N–H and O–H groups in total. The van der Waals surface area contributed by atoms with E-state index in [1.807, 2.05) is 0 Å². The van der Waals surface area contributed by atoms with Gasteiger partial charge in [0.2, 0.25) is 5.89 Å². The van der Waals surface area contributed by atoms with Gasteiger partial charge >= 0.3 is 0 Å². The first-order valence-corrected chi connectivity index (χ1v) is 6.67. The summed E-state index contributed by atoms with van der Waals surface area (Å²) in [5, 5.41) is 7.03. The second kappa shape index (κ2) is 6.53. The van der Waals surface area contributed by atoms with Crippen molar-refractivity contribution in [2.75, 3.05) is 6.54 Å².